The summed E-state index contributed by atoms with van der Waals surface area (Å²) in [4.78, 5) is 0. The Bertz CT molecular complexity index is 260. The second-order valence-electron chi connectivity index (χ2n) is 2.80. The molecule has 2 atom stereocenters. The zero-order valence-electron chi connectivity index (χ0n) is 6.93. The number of ether oxygens (including phenoxy) is 1. The van der Waals surface area contributed by atoms with Gasteiger partial charge in [0.25, 0.3) is 0 Å². The van der Waals surface area contributed by atoms with Gasteiger partial charge in [-0.15, -0.1) is 0 Å². The maximum Gasteiger partial charge on any atom is 0.153 e. The Hall–Kier alpha value is 1.59. The zero-order valence-corrected chi connectivity index (χ0v) is 13.4. The molecule has 2 unspecified atom stereocenters. The number of aliphatic hydroxyl groups excluding tert-OH is 1. The highest BCUT2D eigenvalue weighted by molar-refractivity contribution is 14.1. The molecule has 0 bridgehead atoms. The van der Waals surface area contributed by atoms with Gasteiger partial charge >= 0.3 is 0 Å². The van der Waals surface area contributed by atoms with E-state index in [2.05, 4.69) is 73.8 Å². The molecule has 74 valence electrons. The summed E-state index contributed by atoms with van der Waals surface area (Å²) < 4.78 is 7.46. The van der Waals surface area contributed by atoms with Gasteiger partial charge in [-0.05, 0) is 90.4 Å². The molecular weight excluding hydrogens is 509 g/mol. The van der Waals surface area contributed by atoms with Gasteiger partial charge in [0.15, 0.2) is 6.29 Å². The summed E-state index contributed by atoms with van der Waals surface area (Å²) in [7, 11) is 0. The third kappa shape index (κ3) is 4.31. The van der Waals surface area contributed by atoms with E-state index in [1.807, 2.05) is 6.08 Å². The third-order valence-electron chi connectivity index (χ3n) is 1.42. The second kappa shape index (κ2) is 5.08. The number of hydrogen-bond acceptors (Lipinski definition) is 2. The summed E-state index contributed by atoms with van der Waals surface area (Å²) >= 11 is 6.78. The van der Waals surface area contributed by atoms with Gasteiger partial charge in [0.2, 0.25) is 0 Å². The van der Waals surface area contributed by atoms with Crippen LogP contribution < -0.4 is 0 Å². The largest absolute Gasteiger partial charge is 0.368 e. The van der Waals surface area contributed by atoms with Gasteiger partial charge in [-0.1, -0.05) is 0 Å². The molecule has 1 rings (SSSR count). The molecule has 13 heavy (non-hydrogen) atoms. The Kier molecular flexibility index (Phi) is 4.95. The molecule has 2 nitrogen and oxygen atoms in total. The van der Waals surface area contributed by atoms with Crippen molar-refractivity contribution in [3.63, 3.8) is 0 Å². The van der Waals surface area contributed by atoms with Crippen molar-refractivity contribution in [2.24, 2.45) is 0 Å². The quantitative estimate of drug-likeness (QED) is 0.345. The molecule has 1 aliphatic carbocycles. The number of aliphatic hydroxyl groups is 1. The molecule has 0 aliphatic heterocycles. The number of hydrogen-bond donors (Lipinski definition) is 1. The van der Waals surface area contributed by atoms with E-state index in [1.54, 1.807) is 6.92 Å². The maximum atomic E-state index is 9.16. The standard InChI is InChI=1S/C8H9I3O2/c1-5(12)13-8(11)3-6(9)2-7(10)4-8/h2-3,5,12H,4H2,1H3. The van der Waals surface area contributed by atoms with Crippen LogP contribution in [0.15, 0.2) is 19.3 Å². The number of rotatable bonds is 2. The van der Waals surface area contributed by atoms with Crippen molar-refractivity contribution in [3.05, 3.63) is 19.3 Å². The second-order valence-corrected chi connectivity index (χ2v) is 7.26. The molecule has 0 saturated carbocycles. The fourth-order valence-corrected chi connectivity index (χ4v) is 5.91. The van der Waals surface area contributed by atoms with Crippen LogP contribution in [0.25, 0.3) is 0 Å². The average molecular weight is 518 g/mol. The van der Waals surface area contributed by atoms with Gasteiger partial charge in [0.1, 0.15) is 3.61 Å². The van der Waals surface area contributed by atoms with Crippen molar-refractivity contribution in [2.75, 3.05) is 0 Å². The predicted molar refractivity (Wildman–Crippen MR) is 78.3 cm³/mol. The lowest BCUT2D eigenvalue weighted by Crippen LogP contribution is -2.28. The van der Waals surface area contributed by atoms with Crippen LogP contribution in [-0.4, -0.2) is 15.0 Å². The van der Waals surface area contributed by atoms with E-state index in [9.17, 15) is 0 Å². The van der Waals surface area contributed by atoms with Crippen LogP contribution in [0.1, 0.15) is 13.3 Å². The lowest BCUT2D eigenvalue weighted by atomic mass is 10.1. The molecular formula is C8H9I3O2. The van der Waals surface area contributed by atoms with E-state index >= 15 is 0 Å². The summed E-state index contributed by atoms with van der Waals surface area (Å²) in [5, 5.41) is 9.16. The van der Waals surface area contributed by atoms with Crippen molar-refractivity contribution >= 4 is 67.8 Å². The lowest BCUT2D eigenvalue weighted by molar-refractivity contribution is -0.114. The van der Waals surface area contributed by atoms with Gasteiger partial charge in [-0.25, -0.2) is 0 Å². The van der Waals surface area contributed by atoms with Crippen LogP contribution in [0.4, 0.5) is 0 Å². The SMILES string of the molecule is CC(O)OC1(I)C=C(I)C=C(I)C1. The van der Waals surface area contributed by atoms with Crippen LogP contribution >= 0.6 is 67.8 Å². The molecule has 0 aromatic rings. The van der Waals surface area contributed by atoms with Crippen LogP contribution in [0.3, 0.4) is 0 Å². The van der Waals surface area contributed by atoms with E-state index in [-0.39, 0.29) is 3.61 Å². The minimum absolute atomic E-state index is 0.381. The van der Waals surface area contributed by atoms with E-state index < -0.39 is 6.29 Å². The number of alkyl halides is 1. The van der Waals surface area contributed by atoms with Crippen LogP contribution in [-0.2, 0) is 4.74 Å². The van der Waals surface area contributed by atoms with Gasteiger partial charge < -0.3 is 9.84 Å². The first-order valence-corrected chi connectivity index (χ1v) is 6.94. The fraction of sp³-hybridized carbons (Fsp3) is 0.500. The Labute approximate surface area is 119 Å². The molecule has 0 aromatic heterocycles. The first kappa shape index (κ1) is 12.7. The number of halogens is 3. The zero-order chi connectivity index (χ0) is 10.1. The molecule has 0 heterocycles. The molecule has 0 amide bonds. The molecule has 1 N–H and O–H groups in total. The maximum absolute atomic E-state index is 9.16. The summed E-state index contributed by atoms with van der Waals surface area (Å²) in [6, 6.07) is 0. The molecule has 0 radical (unpaired) electrons. The minimum atomic E-state index is -0.723. The normalized spacial score (nSPS) is 30.8. The van der Waals surface area contributed by atoms with Crippen LogP contribution in [0, 0.1) is 0 Å². The molecule has 0 fully saturated rings. The fourth-order valence-electron chi connectivity index (χ4n) is 1.09. The summed E-state index contributed by atoms with van der Waals surface area (Å²) in [5.74, 6) is 0. The lowest BCUT2D eigenvalue weighted by Gasteiger charge is -2.28. The van der Waals surface area contributed by atoms with E-state index in [1.165, 1.54) is 3.58 Å². The molecule has 5 heteroatoms. The highest BCUT2D eigenvalue weighted by atomic mass is 127. The average Bonchev–Trinajstić information content (AvgIpc) is 1.77. The smallest absolute Gasteiger partial charge is 0.153 e. The molecule has 0 spiro atoms. The molecule has 0 aromatic carbocycles. The van der Waals surface area contributed by atoms with Crippen molar-refractivity contribution < 1.29 is 9.84 Å². The van der Waals surface area contributed by atoms with Crippen molar-refractivity contribution in [3.8, 4) is 0 Å². The van der Waals surface area contributed by atoms with E-state index in [0.29, 0.717) is 0 Å². The first-order valence-electron chi connectivity index (χ1n) is 3.70. The topological polar surface area (TPSA) is 29.5 Å². The van der Waals surface area contributed by atoms with Gasteiger partial charge in [0, 0.05) is 10.0 Å². The Morgan fingerprint density at radius 2 is 2.23 bits per heavy atom. The Balaban J connectivity index is 2.77. The van der Waals surface area contributed by atoms with Crippen LogP contribution in [0.5, 0.6) is 0 Å². The Morgan fingerprint density at radius 3 is 2.69 bits per heavy atom. The number of allylic oxidation sites excluding steroid dienone is 2. The Morgan fingerprint density at radius 1 is 1.62 bits per heavy atom. The monoisotopic (exact) mass is 518 g/mol. The van der Waals surface area contributed by atoms with Crippen molar-refractivity contribution in [1.29, 1.82) is 0 Å². The van der Waals surface area contributed by atoms with Crippen LogP contribution in [0.2, 0.25) is 0 Å². The van der Waals surface area contributed by atoms with Crippen molar-refractivity contribution in [2.45, 2.75) is 23.2 Å². The summed E-state index contributed by atoms with van der Waals surface area (Å²) in [6.07, 6.45) is 4.25. The summed E-state index contributed by atoms with van der Waals surface area (Å²) in [5.41, 5.74) is 0. The highest BCUT2D eigenvalue weighted by Gasteiger charge is 2.30. The molecule has 1 aliphatic rings. The predicted octanol–water partition coefficient (Wildman–Crippen LogP) is 3.51. The van der Waals surface area contributed by atoms with Gasteiger partial charge in [-0.2, -0.15) is 0 Å². The van der Waals surface area contributed by atoms with E-state index in [0.717, 1.165) is 10.0 Å². The first-order chi connectivity index (χ1) is 5.91. The van der Waals surface area contributed by atoms with Crippen molar-refractivity contribution in [1.82, 2.24) is 0 Å². The highest BCUT2D eigenvalue weighted by Crippen LogP contribution is 2.40. The minimum Gasteiger partial charge on any atom is -0.368 e. The molecule has 0 saturated heterocycles. The van der Waals surface area contributed by atoms with Gasteiger partial charge in [-0.3, -0.25) is 0 Å². The van der Waals surface area contributed by atoms with Gasteiger partial charge in [0.05, 0.1) is 0 Å². The van der Waals surface area contributed by atoms with E-state index in [4.69, 9.17) is 9.84 Å². The summed E-state index contributed by atoms with van der Waals surface area (Å²) in [6.45, 7) is 1.63. The third-order valence-corrected chi connectivity index (χ3v) is 3.69.